The lowest BCUT2D eigenvalue weighted by atomic mass is 10.1. The van der Waals surface area contributed by atoms with Gasteiger partial charge in [0.25, 0.3) is 0 Å². The van der Waals surface area contributed by atoms with Crippen molar-refractivity contribution in [1.82, 2.24) is 5.32 Å². The van der Waals surface area contributed by atoms with Crippen molar-refractivity contribution in [3.05, 3.63) is 35.6 Å². The summed E-state index contributed by atoms with van der Waals surface area (Å²) < 4.78 is 17.8. The van der Waals surface area contributed by atoms with Crippen LogP contribution in [0.25, 0.3) is 0 Å². The number of halogens is 1. The maximum absolute atomic E-state index is 12.7. The molecule has 1 N–H and O–H groups in total. The number of ketones is 1. The Bertz CT molecular complexity index is 463. The molecule has 0 radical (unpaired) electrons. The summed E-state index contributed by atoms with van der Waals surface area (Å²) >= 11 is 0. The van der Waals surface area contributed by atoms with Crippen LogP contribution in [0.4, 0.5) is 9.18 Å². The van der Waals surface area contributed by atoms with E-state index in [4.69, 9.17) is 4.74 Å². The Morgan fingerprint density at radius 3 is 2.05 bits per heavy atom. The Balaban J connectivity index is 0.00000191. The van der Waals surface area contributed by atoms with E-state index in [1.807, 2.05) is 13.8 Å². The van der Waals surface area contributed by atoms with Gasteiger partial charge in [0.1, 0.15) is 11.4 Å². The highest BCUT2D eigenvalue weighted by Crippen LogP contribution is 2.09. The Labute approximate surface area is 125 Å². The Hall–Kier alpha value is -1.91. The van der Waals surface area contributed by atoms with E-state index in [0.717, 1.165) is 0 Å². The topological polar surface area (TPSA) is 55.4 Å². The third kappa shape index (κ3) is 7.44. The molecule has 4 nitrogen and oxygen atoms in total. The first-order chi connectivity index (χ1) is 9.69. The van der Waals surface area contributed by atoms with Crippen molar-refractivity contribution in [2.75, 3.05) is 0 Å². The summed E-state index contributed by atoms with van der Waals surface area (Å²) in [6.07, 6.45) is -0.657. The molecule has 1 amide bonds. The Kier molecular flexibility index (Phi) is 7.63. The van der Waals surface area contributed by atoms with Gasteiger partial charge in [0.15, 0.2) is 5.78 Å². The van der Waals surface area contributed by atoms with Crippen molar-refractivity contribution < 1.29 is 18.7 Å². The third-order valence-corrected chi connectivity index (χ3v) is 2.26. The fraction of sp³-hybridized carbons (Fsp3) is 0.500. The second-order valence-corrected chi connectivity index (χ2v) is 5.24. The molecular formula is C16H24FNO3. The molecule has 0 fully saturated rings. The molecular weight excluding hydrogens is 273 g/mol. The first-order valence-electron chi connectivity index (χ1n) is 6.98. The Morgan fingerprint density at radius 2 is 1.62 bits per heavy atom. The summed E-state index contributed by atoms with van der Waals surface area (Å²) in [6, 6.07) is 4.43. The van der Waals surface area contributed by atoms with Crippen molar-refractivity contribution >= 4 is 11.9 Å². The molecule has 1 rings (SSSR count). The minimum absolute atomic E-state index is 0.300. The number of benzene rings is 1. The molecule has 0 aliphatic heterocycles. The highest BCUT2D eigenvalue weighted by molar-refractivity contribution is 6.01. The molecule has 0 aromatic heterocycles. The lowest BCUT2D eigenvalue weighted by molar-refractivity contribution is 0.0496. The largest absolute Gasteiger partial charge is 0.444 e. The minimum Gasteiger partial charge on any atom is -0.444 e. The molecule has 0 aliphatic carbocycles. The van der Waals surface area contributed by atoms with Crippen molar-refractivity contribution in [2.24, 2.45) is 0 Å². The number of amides is 1. The molecule has 1 unspecified atom stereocenters. The maximum Gasteiger partial charge on any atom is 0.408 e. The van der Waals surface area contributed by atoms with Crippen molar-refractivity contribution in [1.29, 1.82) is 0 Å². The molecule has 0 aliphatic rings. The molecule has 21 heavy (non-hydrogen) atoms. The van der Waals surface area contributed by atoms with Crippen LogP contribution in [-0.4, -0.2) is 23.5 Å². The first kappa shape index (κ1) is 19.1. The van der Waals surface area contributed by atoms with Gasteiger partial charge in [0.05, 0.1) is 6.04 Å². The summed E-state index contributed by atoms with van der Waals surface area (Å²) in [6.45, 7) is 10.8. The normalized spacial score (nSPS) is 11.8. The van der Waals surface area contributed by atoms with Crippen LogP contribution in [0, 0.1) is 5.82 Å². The van der Waals surface area contributed by atoms with Gasteiger partial charge < -0.3 is 10.1 Å². The predicted molar refractivity (Wildman–Crippen MR) is 80.9 cm³/mol. The van der Waals surface area contributed by atoms with Crippen molar-refractivity contribution in [3.8, 4) is 0 Å². The van der Waals surface area contributed by atoms with Crippen LogP contribution in [-0.2, 0) is 4.74 Å². The van der Waals surface area contributed by atoms with E-state index in [9.17, 15) is 14.0 Å². The zero-order chi connectivity index (χ0) is 16.6. The van der Waals surface area contributed by atoms with E-state index in [-0.39, 0.29) is 5.78 Å². The number of Topliss-reactive ketones (excluding diaryl/α,β-unsaturated/α-hetero) is 1. The van der Waals surface area contributed by atoms with E-state index in [1.165, 1.54) is 24.3 Å². The summed E-state index contributed by atoms with van der Waals surface area (Å²) in [5.41, 5.74) is -0.284. The van der Waals surface area contributed by atoms with Gasteiger partial charge in [0.2, 0.25) is 0 Å². The molecule has 0 heterocycles. The molecule has 0 spiro atoms. The maximum atomic E-state index is 12.7. The van der Waals surface area contributed by atoms with E-state index in [1.54, 1.807) is 27.7 Å². The second-order valence-electron chi connectivity index (χ2n) is 5.24. The van der Waals surface area contributed by atoms with Gasteiger partial charge >= 0.3 is 6.09 Å². The van der Waals surface area contributed by atoms with Gasteiger partial charge in [-0.15, -0.1) is 0 Å². The number of hydrogen-bond acceptors (Lipinski definition) is 3. The molecule has 0 bridgehead atoms. The lowest BCUT2D eigenvalue weighted by Crippen LogP contribution is -2.41. The van der Waals surface area contributed by atoms with Crippen LogP contribution >= 0.6 is 0 Å². The third-order valence-electron chi connectivity index (χ3n) is 2.26. The molecule has 1 aromatic carbocycles. The zero-order valence-corrected chi connectivity index (χ0v) is 13.5. The molecule has 0 saturated heterocycles. The van der Waals surface area contributed by atoms with Gasteiger partial charge in [-0.25, -0.2) is 9.18 Å². The summed E-state index contributed by atoms with van der Waals surface area (Å²) in [5.74, 6) is -0.713. The number of rotatable bonds is 3. The minimum atomic E-state index is -0.736. The number of hydrogen-bond donors (Lipinski definition) is 1. The van der Waals surface area contributed by atoms with Crippen molar-refractivity contribution in [3.63, 3.8) is 0 Å². The number of ether oxygens (including phenoxy) is 1. The van der Waals surface area contributed by atoms with Gasteiger partial charge in [0, 0.05) is 5.56 Å². The average Bonchev–Trinajstić information content (AvgIpc) is 2.38. The summed E-state index contributed by atoms with van der Waals surface area (Å²) in [7, 11) is 0. The first-order valence-corrected chi connectivity index (χ1v) is 6.98. The number of alkyl carbamates (subject to hydrolysis) is 1. The van der Waals surface area contributed by atoms with Gasteiger partial charge in [-0.1, -0.05) is 13.8 Å². The second kappa shape index (κ2) is 8.39. The molecule has 5 heteroatoms. The highest BCUT2D eigenvalue weighted by atomic mass is 19.1. The van der Waals surface area contributed by atoms with Crippen molar-refractivity contribution in [2.45, 2.75) is 53.2 Å². The number of nitrogens with one attached hydrogen (secondary N) is 1. The molecule has 1 atom stereocenters. The Morgan fingerprint density at radius 1 is 1.14 bits per heavy atom. The molecule has 118 valence electrons. The van der Waals surface area contributed by atoms with Crippen LogP contribution < -0.4 is 5.32 Å². The van der Waals surface area contributed by atoms with E-state index in [2.05, 4.69) is 5.32 Å². The predicted octanol–water partition coefficient (Wildman–Crippen LogP) is 3.95. The molecule has 1 aromatic rings. The molecule has 0 saturated carbocycles. The summed E-state index contributed by atoms with van der Waals surface area (Å²) in [4.78, 5) is 23.5. The van der Waals surface area contributed by atoms with Crippen LogP contribution in [0.3, 0.4) is 0 Å². The van der Waals surface area contributed by atoms with Crippen LogP contribution in [0.5, 0.6) is 0 Å². The zero-order valence-electron chi connectivity index (χ0n) is 13.5. The fourth-order valence-corrected chi connectivity index (χ4v) is 1.41. The van der Waals surface area contributed by atoms with Gasteiger partial charge in [-0.3, -0.25) is 4.79 Å². The number of carbonyl (C=O) groups is 2. The average molecular weight is 297 g/mol. The lowest BCUT2D eigenvalue weighted by Gasteiger charge is -2.21. The smallest absolute Gasteiger partial charge is 0.408 e. The standard InChI is InChI=1S/C14H18FNO3.C2H6/c1-9(16-13(18)19-14(2,3)4)12(17)10-5-7-11(15)8-6-10;1-2/h5-9H,1-4H3,(H,16,18);1-2H3. The van der Waals surface area contributed by atoms with Crippen LogP contribution in [0.1, 0.15) is 51.9 Å². The van der Waals surface area contributed by atoms with E-state index in [0.29, 0.717) is 5.56 Å². The van der Waals surface area contributed by atoms with Crippen LogP contribution in [0.2, 0.25) is 0 Å². The van der Waals surface area contributed by atoms with Gasteiger partial charge in [-0.05, 0) is 52.0 Å². The van der Waals surface area contributed by atoms with Gasteiger partial charge in [-0.2, -0.15) is 0 Å². The van der Waals surface area contributed by atoms with Crippen LogP contribution in [0.15, 0.2) is 24.3 Å². The SMILES string of the molecule is CC.CC(NC(=O)OC(C)(C)C)C(=O)c1ccc(F)cc1. The van der Waals surface area contributed by atoms with E-state index < -0.39 is 23.6 Å². The summed E-state index contributed by atoms with van der Waals surface area (Å²) in [5, 5.41) is 2.44. The highest BCUT2D eigenvalue weighted by Gasteiger charge is 2.21. The monoisotopic (exact) mass is 297 g/mol. The quantitative estimate of drug-likeness (QED) is 0.859. The number of carbonyl (C=O) groups excluding carboxylic acids is 2. The van der Waals surface area contributed by atoms with E-state index >= 15 is 0 Å². The fourth-order valence-electron chi connectivity index (χ4n) is 1.41.